The fourth-order valence-electron chi connectivity index (χ4n) is 4.59. The molecular weight excluding hydrogens is 474 g/mol. The molecule has 37 heavy (non-hydrogen) atoms. The number of fused-ring (bicyclic) bond motifs is 3. The summed E-state index contributed by atoms with van der Waals surface area (Å²) in [7, 11) is 3.47. The summed E-state index contributed by atoms with van der Waals surface area (Å²) in [5.74, 6) is 0.372. The monoisotopic (exact) mass is 501 g/mol. The molecule has 2 aromatic heterocycles. The molecule has 3 amide bonds. The van der Waals surface area contributed by atoms with Crippen LogP contribution in [0.5, 0.6) is 0 Å². The second-order valence-electron chi connectivity index (χ2n) is 9.71. The lowest BCUT2D eigenvalue weighted by Crippen LogP contribution is -2.40. The van der Waals surface area contributed by atoms with Crippen molar-refractivity contribution in [3.63, 3.8) is 0 Å². The fraction of sp³-hybridized carbons (Fsp3) is 0.400. The summed E-state index contributed by atoms with van der Waals surface area (Å²) in [6.45, 7) is 2.40. The minimum Gasteiger partial charge on any atom is -0.364 e. The Bertz CT molecular complexity index is 1420. The first-order valence-corrected chi connectivity index (χ1v) is 12.4. The molecule has 2 aliphatic carbocycles. The maximum atomic E-state index is 13.1. The van der Waals surface area contributed by atoms with Crippen LogP contribution in [0.15, 0.2) is 24.4 Å². The average molecular weight is 502 g/mol. The molecule has 3 heterocycles. The van der Waals surface area contributed by atoms with Crippen molar-refractivity contribution >= 4 is 40.9 Å². The van der Waals surface area contributed by atoms with Gasteiger partial charge in [0.2, 0.25) is 17.8 Å². The van der Waals surface area contributed by atoms with E-state index in [1.54, 1.807) is 0 Å². The Kier molecular flexibility index (Phi) is 5.39. The van der Waals surface area contributed by atoms with Crippen LogP contribution in [0.25, 0.3) is 5.69 Å². The van der Waals surface area contributed by atoms with Crippen molar-refractivity contribution < 1.29 is 14.4 Å². The number of aryl methyl sites for hydroxylation is 1. The fourth-order valence-corrected chi connectivity index (χ4v) is 4.59. The van der Waals surface area contributed by atoms with Gasteiger partial charge in [-0.2, -0.15) is 10.1 Å². The highest BCUT2D eigenvalue weighted by Crippen LogP contribution is 2.40. The van der Waals surface area contributed by atoms with Crippen molar-refractivity contribution in [1.29, 1.82) is 0 Å². The Labute approximate surface area is 213 Å². The molecule has 12 heteroatoms. The highest BCUT2D eigenvalue weighted by Gasteiger charge is 2.43. The van der Waals surface area contributed by atoms with Crippen molar-refractivity contribution in [2.45, 2.75) is 39.2 Å². The molecule has 0 radical (unpaired) electrons. The molecule has 1 aliphatic heterocycles. The maximum absolute atomic E-state index is 13.1. The third kappa shape index (κ3) is 4.07. The summed E-state index contributed by atoms with van der Waals surface area (Å²) < 4.78 is 1.81. The first-order valence-electron chi connectivity index (χ1n) is 12.4. The Balaban J connectivity index is 1.43. The smallest absolute Gasteiger partial charge is 0.256 e. The van der Waals surface area contributed by atoms with Gasteiger partial charge in [-0.1, -0.05) is 6.07 Å². The lowest BCUT2D eigenvalue weighted by molar-refractivity contribution is -0.128. The topological polar surface area (TPSA) is 138 Å². The highest BCUT2D eigenvalue weighted by molar-refractivity contribution is 6.16. The van der Waals surface area contributed by atoms with Crippen molar-refractivity contribution in [3.8, 4) is 5.69 Å². The summed E-state index contributed by atoms with van der Waals surface area (Å²) in [6, 6.07) is 5.70. The van der Waals surface area contributed by atoms with Gasteiger partial charge in [-0.15, -0.1) is 0 Å². The van der Waals surface area contributed by atoms with Crippen molar-refractivity contribution in [2.24, 2.45) is 11.8 Å². The number of hydrogen-bond acceptors (Lipinski definition) is 9. The predicted molar refractivity (Wildman–Crippen MR) is 135 cm³/mol. The average Bonchev–Trinajstić information content (AvgIpc) is 3.80. The van der Waals surface area contributed by atoms with E-state index in [-0.39, 0.29) is 41.0 Å². The van der Waals surface area contributed by atoms with Crippen LogP contribution in [-0.2, 0) is 16.1 Å². The Morgan fingerprint density at radius 1 is 1.05 bits per heavy atom. The van der Waals surface area contributed by atoms with E-state index in [0.717, 1.165) is 47.8 Å². The van der Waals surface area contributed by atoms with Crippen molar-refractivity contribution in [3.05, 3.63) is 41.6 Å². The van der Waals surface area contributed by atoms with E-state index in [1.165, 1.54) is 13.2 Å². The Morgan fingerprint density at radius 3 is 2.41 bits per heavy atom. The van der Waals surface area contributed by atoms with Gasteiger partial charge in [-0.3, -0.25) is 14.4 Å². The normalized spacial score (nSPS) is 16.0. The molecular formula is C25H27N9O3. The molecule has 1 aromatic carbocycles. The second-order valence-corrected chi connectivity index (χ2v) is 9.71. The van der Waals surface area contributed by atoms with Crippen LogP contribution in [0.2, 0.25) is 0 Å². The number of carbonyl (C=O) groups excluding carboxylic acids is 3. The van der Waals surface area contributed by atoms with Crippen LogP contribution in [0.4, 0.5) is 23.1 Å². The van der Waals surface area contributed by atoms with E-state index in [4.69, 9.17) is 0 Å². The molecule has 6 rings (SSSR count). The molecule has 0 bridgehead atoms. The molecule has 2 saturated carbocycles. The van der Waals surface area contributed by atoms with E-state index >= 15 is 0 Å². The number of nitrogens with one attached hydrogen (secondary N) is 2. The third-order valence-electron chi connectivity index (χ3n) is 6.78. The van der Waals surface area contributed by atoms with E-state index in [1.807, 2.05) is 41.8 Å². The summed E-state index contributed by atoms with van der Waals surface area (Å²) in [5.41, 5.74) is 2.56. The largest absolute Gasteiger partial charge is 0.364 e. The number of anilines is 4. The number of rotatable bonds is 6. The highest BCUT2D eigenvalue weighted by atomic mass is 16.2. The number of amides is 3. The zero-order valence-corrected chi connectivity index (χ0v) is 20.9. The summed E-state index contributed by atoms with van der Waals surface area (Å²) in [4.78, 5) is 55.4. The molecule has 0 atom stereocenters. The standard InChI is InChI=1S/C25H27N9O3/c1-13-28-19-12-32(3)20-17(5-4-6-18(20)34(19)31-13)29-21-16(22(35)26-2)11-27-25(30-21)33(23(36)14-7-8-14)24(37)15-9-10-15/h4-6,11,14-15H,7-10,12H2,1-3H3,(H,26,35)(H,27,29,30). The second kappa shape index (κ2) is 8.64. The molecule has 2 fully saturated rings. The summed E-state index contributed by atoms with van der Waals surface area (Å²) >= 11 is 0. The van der Waals surface area contributed by atoms with Gasteiger partial charge in [-0.25, -0.2) is 19.5 Å². The predicted octanol–water partition coefficient (Wildman–Crippen LogP) is 2.10. The summed E-state index contributed by atoms with van der Waals surface area (Å²) in [5, 5.41) is 10.4. The number of imide groups is 1. The minimum atomic E-state index is -0.394. The van der Waals surface area contributed by atoms with Crippen molar-refractivity contribution in [1.82, 2.24) is 30.0 Å². The van der Waals surface area contributed by atoms with Gasteiger partial charge in [0.1, 0.15) is 17.2 Å². The molecule has 190 valence electrons. The maximum Gasteiger partial charge on any atom is 0.256 e. The third-order valence-corrected chi connectivity index (χ3v) is 6.78. The van der Waals surface area contributed by atoms with Crippen LogP contribution < -0.4 is 20.4 Å². The lowest BCUT2D eigenvalue weighted by atomic mass is 10.1. The van der Waals surface area contributed by atoms with E-state index < -0.39 is 5.91 Å². The molecule has 12 nitrogen and oxygen atoms in total. The Hall–Kier alpha value is -4.35. The van der Waals surface area contributed by atoms with E-state index in [2.05, 4.69) is 30.7 Å². The number of benzene rings is 1. The van der Waals surface area contributed by atoms with Gasteiger partial charge in [0.05, 0.1) is 23.6 Å². The van der Waals surface area contributed by atoms with Crippen LogP contribution >= 0.6 is 0 Å². The van der Waals surface area contributed by atoms with Gasteiger partial charge >= 0.3 is 0 Å². The van der Waals surface area contributed by atoms with E-state index in [0.29, 0.717) is 18.1 Å². The van der Waals surface area contributed by atoms with Crippen LogP contribution in [0.1, 0.15) is 47.7 Å². The number of carbonyl (C=O) groups is 3. The molecule has 0 saturated heterocycles. The van der Waals surface area contributed by atoms with Gasteiger partial charge in [0, 0.05) is 32.1 Å². The zero-order chi connectivity index (χ0) is 25.8. The van der Waals surface area contributed by atoms with Crippen molar-refractivity contribution in [2.75, 3.05) is 29.2 Å². The summed E-state index contributed by atoms with van der Waals surface area (Å²) in [6.07, 6.45) is 4.36. The van der Waals surface area contributed by atoms with Gasteiger partial charge in [0.15, 0.2) is 5.82 Å². The van der Waals surface area contributed by atoms with Crippen LogP contribution in [0, 0.1) is 18.8 Å². The van der Waals surface area contributed by atoms with E-state index in [9.17, 15) is 14.4 Å². The lowest BCUT2D eigenvalue weighted by Gasteiger charge is -2.30. The zero-order valence-electron chi connectivity index (χ0n) is 20.9. The molecule has 3 aromatic rings. The SMILES string of the molecule is CNC(=O)c1cnc(N(C(=O)C2CC2)C(=O)C2CC2)nc1Nc1cccc2c1N(C)Cc1nc(C)nn1-2. The van der Waals surface area contributed by atoms with Crippen LogP contribution in [0.3, 0.4) is 0 Å². The molecule has 2 N–H and O–H groups in total. The first-order chi connectivity index (χ1) is 17.9. The molecule has 0 unspecified atom stereocenters. The molecule has 0 spiro atoms. The first kappa shape index (κ1) is 23.1. The number of nitrogens with zero attached hydrogens (tertiary/aromatic N) is 7. The quantitative estimate of drug-likeness (QED) is 0.486. The molecule has 3 aliphatic rings. The number of hydrogen-bond donors (Lipinski definition) is 2. The number of para-hydroxylation sites is 1. The minimum absolute atomic E-state index is 0.0173. The van der Waals surface area contributed by atoms with Gasteiger partial charge in [-0.05, 0) is 44.7 Å². The van der Waals surface area contributed by atoms with Crippen LogP contribution in [-0.4, -0.2) is 56.5 Å². The Morgan fingerprint density at radius 2 is 1.76 bits per heavy atom. The number of aromatic nitrogens is 5. The van der Waals surface area contributed by atoms with Gasteiger partial charge < -0.3 is 15.5 Å². The van der Waals surface area contributed by atoms with Gasteiger partial charge in [0.25, 0.3) is 5.91 Å².